The predicted octanol–water partition coefficient (Wildman–Crippen LogP) is 2.27. The van der Waals surface area contributed by atoms with Crippen LogP contribution >= 0.6 is 0 Å². The maximum atomic E-state index is 13.2. The van der Waals surface area contributed by atoms with Gasteiger partial charge in [-0.3, -0.25) is 0 Å². The van der Waals surface area contributed by atoms with Gasteiger partial charge in [-0.1, -0.05) is 23.8 Å². The number of benzene rings is 2. The van der Waals surface area contributed by atoms with Gasteiger partial charge in [-0.25, -0.2) is 18.0 Å². The summed E-state index contributed by atoms with van der Waals surface area (Å²) in [4.78, 5) is 25.2. The Labute approximate surface area is 186 Å². The quantitative estimate of drug-likeness (QED) is 0.564. The van der Waals surface area contributed by atoms with E-state index in [1.54, 1.807) is 19.1 Å². The van der Waals surface area contributed by atoms with Crippen molar-refractivity contribution in [2.24, 2.45) is 0 Å². The molecule has 0 bridgehead atoms. The normalized spacial score (nSPS) is 16.2. The summed E-state index contributed by atoms with van der Waals surface area (Å²) in [7, 11) is -1.38. The zero-order valence-corrected chi connectivity index (χ0v) is 18.9. The molecule has 0 aliphatic carbocycles. The van der Waals surface area contributed by atoms with Crippen molar-refractivity contribution < 1.29 is 32.6 Å². The third-order valence-corrected chi connectivity index (χ3v) is 6.89. The third kappa shape index (κ3) is 4.54. The van der Waals surface area contributed by atoms with E-state index in [0.717, 1.165) is 12.7 Å². The summed E-state index contributed by atoms with van der Waals surface area (Å²) >= 11 is 0. The van der Waals surface area contributed by atoms with Crippen LogP contribution < -0.4 is 15.4 Å². The second kappa shape index (κ2) is 8.91. The smallest absolute Gasteiger partial charge is 0.338 e. The second-order valence-corrected chi connectivity index (χ2v) is 9.33. The van der Waals surface area contributed by atoms with E-state index in [-0.39, 0.29) is 27.7 Å². The van der Waals surface area contributed by atoms with Crippen molar-refractivity contribution in [2.75, 3.05) is 20.0 Å². The number of hydrogen-bond donors (Lipinski definition) is 3. The maximum Gasteiger partial charge on any atom is 0.338 e. The molecule has 1 atom stereocenters. The topological polar surface area (TPSA) is 131 Å². The summed E-state index contributed by atoms with van der Waals surface area (Å²) < 4.78 is 36.3. The molecule has 0 saturated heterocycles. The van der Waals surface area contributed by atoms with Crippen molar-refractivity contribution in [1.82, 2.24) is 10.6 Å². The van der Waals surface area contributed by atoms with E-state index < -0.39 is 33.6 Å². The van der Waals surface area contributed by atoms with Gasteiger partial charge in [-0.2, -0.15) is 0 Å². The van der Waals surface area contributed by atoms with Gasteiger partial charge in [0.2, 0.25) is 0 Å². The van der Waals surface area contributed by atoms with Crippen molar-refractivity contribution in [2.45, 2.75) is 24.8 Å². The van der Waals surface area contributed by atoms with Gasteiger partial charge in [0, 0.05) is 5.70 Å². The van der Waals surface area contributed by atoms with Gasteiger partial charge in [0.15, 0.2) is 21.3 Å². The standard InChI is InChI=1S/C22H24N2O7S/c1-12-5-8-18(13(2)9-12)32(28,29)11-15-19(21(26)31-4)20(24-22(27)23-15)14-6-7-16(25)17(10-14)30-3/h5-10,20,25H,11H2,1-4H3,(H2,23,24,27). The minimum absolute atomic E-state index is 0.0619. The highest BCUT2D eigenvalue weighted by atomic mass is 32.2. The highest BCUT2D eigenvalue weighted by molar-refractivity contribution is 7.91. The molecule has 0 saturated carbocycles. The number of amides is 2. The number of rotatable bonds is 6. The van der Waals surface area contributed by atoms with Crippen LogP contribution in [-0.2, 0) is 19.4 Å². The molecular weight excluding hydrogens is 436 g/mol. The van der Waals surface area contributed by atoms with Crippen molar-refractivity contribution in [3.8, 4) is 11.5 Å². The van der Waals surface area contributed by atoms with Gasteiger partial charge in [0.25, 0.3) is 0 Å². The first-order chi connectivity index (χ1) is 15.1. The molecule has 2 aromatic rings. The number of ether oxygens (including phenoxy) is 2. The number of urea groups is 1. The molecule has 9 nitrogen and oxygen atoms in total. The van der Waals surface area contributed by atoms with Crippen LogP contribution in [0.25, 0.3) is 0 Å². The van der Waals surface area contributed by atoms with Crippen LogP contribution in [0.15, 0.2) is 52.6 Å². The third-order valence-electron chi connectivity index (χ3n) is 5.10. The number of carbonyl (C=O) groups is 2. The number of nitrogens with one attached hydrogen (secondary N) is 2. The number of carbonyl (C=O) groups excluding carboxylic acids is 2. The largest absolute Gasteiger partial charge is 0.504 e. The number of phenols is 1. The highest BCUT2D eigenvalue weighted by Gasteiger charge is 2.36. The first kappa shape index (κ1) is 23.1. The predicted molar refractivity (Wildman–Crippen MR) is 116 cm³/mol. The van der Waals surface area contributed by atoms with Crippen molar-refractivity contribution in [1.29, 1.82) is 0 Å². The molecule has 32 heavy (non-hydrogen) atoms. The molecule has 10 heteroatoms. The van der Waals surface area contributed by atoms with Crippen molar-refractivity contribution in [3.63, 3.8) is 0 Å². The average Bonchev–Trinajstić information content (AvgIpc) is 2.72. The monoisotopic (exact) mass is 460 g/mol. The lowest BCUT2D eigenvalue weighted by atomic mass is 9.95. The Morgan fingerprint density at radius 2 is 1.84 bits per heavy atom. The van der Waals surface area contributed by atoms with E-state index in [1.807, 2.05) is 6.92 Å². The van der Waals surface area contributed by atoms with Gasteiger partial charge < -0.3 is 25.2 Å². The Morgan fingerprint density at radius 1 is 1.12 bits per heavy atom. The van der Waals surface area contributed by atoms with Crippen LogP contribution in [0.2, 0.25) is 0 Å². The van der Waals surface area contributed by atoms with Gasteiger partial charge in [0.05, 0.1) is 36.5 Å². The first-order valence-corrected chi connectivity index (χ1v) is 11.3. The molecule has 3 rings (SSSR count). The molecule has 1 heterocycles. The summed E-state index contributed by atoms with van der Waals surface area (Å²) in [5, 5.41) is 14.9. The summed E-state index contributed by atoms with van der Waals surface area (Å²) in [6, 6.07) is 7.53. The van der Waals surface area contributed by atoms with E-state index >= 15 is 0 Å². The minimum Gasteiger partial charge on any atom is -0.504 e. The number of methoxy groups -OCH3 is 2. The maximum absolute atomic E-state index is 13.2. The number of sulfone groups is 1. The van der Waals surface area contributed by atoms with Crippen LogP contribution in [0.5, 0.6) is 11.5 Å². The Balaban J connectivity index is 2.13. The summed E-state index contributed by atoms with van der Waals surface area (Å²) in [5.41, 5.74) is 1.72. The lowest BCUT2D eigenvalue weighted by Gasteiger charge is -2.29. The summed E-state index contributed by atoms with van der Waals surface area (Å²) in [6.45, 7) is 3.53. The van der Waals surface area contributed by atoms with Gasteiger partial charge in [0.1, 0.15) is 0 Å². The van der Waals surface area contributed by atoms with E-state index in [0.29, 0.717) is 11.1 Å². The summed E-state index contributed by atoms with van der Waals surface area (Å²) in [5.74, 6) is -1.41. The number of aryl methyl sites for hydroxylation is 2. The SMILES string of the molecule is COC(=O)C1=C(CS(=O)(=O)c2ccc(C)cc2C)NC(=O)NC1c1ccc(O)c(OC)c1. The molecular formula is C22H24N2O7S. The average molecular weight is 461 g/mol. The first-order valence-electron chi connectivity index (χ1n) is 9.63. The molecule has 0 radical (unpaired) electrons. The molecule has 0 spiro atoms. The number of phenolic OH excluding ortho intramolecular Hbond substituents is 1. The zero-order chi connectivity index (χ0) is 23.6. The molecule has 2 aromatic carbocycles. The Kier molecular flexibility index (Phi) is 6.45. The fraction of sp³-hybridized carbons (Fsp3) is 0.273. The van der Waals surface area contributed by atoms with E-state index in [2.05, 4.69) is 10.6 Å². The molecule has 2 amide bonds. The molecule has 3 N–H and O–H groups in total. The van der Waals surface area contributed by atoms with Crippen LogP contribution in [-0.4, -0.2) is 45.5 Å². The Morgan fingerprint density at radius 3 is 2.47 bits per heavy atom. The number of hydrogen-bond acceptors (Lipinski definition) is 7. The van der Waals surface area contributed by atoms with E-state index in [4.69, 9.17) is 9.47 Å². The van der Waals surface area contributed by atoms with E-state index in [9.17, 15) is 23.1 Å². The molecule has 0 aromatic heterocycles. The van der Waals surface area contributed by atoms with Crippen LogP contribution in [0.3, 0.4) is 0 Å². The molecule has 1 unspecified atom stereocenters. The Bertz CT molecular complexity index is 1220. The van der Waals surface area contributed by atoms with Gasteiger partial charge in [-0.05, 0) is 43.2 Å². The van der Waals surface area contributed by atoms with E-state index in [1.165, 1.54) is 31.4 Å². The number of esters is 1. The molecule has 0 fully saturated rings. The van der Waals surface area contributed by atoms with Crippen molar-refractivity contribution in [3.05, 3.63) is 64.4 Å². The fourth-order valence-electron chi connectivity index (χ4n) is 3.62. The summed E-state index contributed by atoms with van der Waals surface area (Å²) in [6.07, 6.45) is 0. The van der Waals surface area contributed by atoms with Gasteiger partial charge >= 0.3 is 12.0 Å². The molecule has 170 valence electrons. The minimum atomic E-state index is -3.90. The second-order valence-electron chi connectivity index (χ2n) is 7.37. The lowest BCUT2D eigenvalue weighted by Crippen LogP contribution is -2.47. The van der Waals surface area contributed by atoms with Gasteiger partial charge in [-0.15, -0.1) is 0 Å². The fourth-order valence-corrected chi connectivity index (χ4v) is 5.21. The molecule has 1 aliphatic heterocycles. The van der Waals surface area contributed by atoms with Crippen LogP contribution in [0, 0.1) is 13.8 Å². The zero-order valence-electron chi connectivity index (χ0n) is 18.1. The van der Waals surface area contributed by atoms with Crippen molar-refractivity contribution >= 4 is 21.8 Å². The highest BCUT2D eigenvalue weighted by Crippen LogP contribution is 2.34. The lowest BCUT2D eigenvalue weighted by molar-refractivity contribution is -0.136. The van der Waals surface area contributed by atoms with Crippen LogP contribution in [0.1, 0.15) is 22.7 Å². The number of aromatic hydroxyl groups is 1. The Hall–Kier alpha value is -3.53. The molecule has 1 aliphatic rings. The van der Waals surface area contributed by atoms with Crippen LogP contribution in [0.4, 0.5) is 4.79 Å².